The van der Waals surface area contributed by atoms with Crippen LogP contribution in [-0.4, -0.2) is 41.4 Å². The third-order valence-electron chi connectivity index (χ3n) is 3.36. The fraction of sp³-hybridized carbons (Fsp3) is 0.118. The zero-order chi connectivity index (χ0) is 19.3. The van der Waals surface area contributed by atoms with E-state index >= 15 is 0 Å². The van der Waals surface area contributed by atoms with Crippen molar-refractivity contribution in [1.82, 2.24) is 5.32 Å². The Morgan fingerprint density at radius 1 is 1.04 bits per heavy atom. The highest BCUT2D eigenvalue weighted by Gasteiger charge is 2.14. The first-order chi connectivity index (χ1) is 12.3. The largest absolute Gasteiger partial charge is 0.507 e. The summed E-state index contributed by atoms with van der Waals surface area (Å²) in [4.78, 5) is 23.3. The van der Waals surface area contributed by atoms with E-state index in [2.05, 4.69) is 10.6 Å². The topological polar surface area (TPSA) is 117 Å². The van der Waals surface area contributed by atoms with E-state index in [1.807, 2.05) is 0 Å². The number of nitrogens with one attached hydrogen (secondary N) is 2. The molecular formula is C17H16N2O6S. The number of methoxy groups -OCH3 is 2. The zero-order valence-corrected chi connectivity index (χ0v) is 14.7. The van der Waals surface area contributed by atoms with Gasteiger partial charge in [0.2, 0.25) is 0 Å². The first-order valence-electron chi connectivity index (χ1n) is 7.26. The maximum atomic E-state index is 12.3. The molecule has 136 valence electrons. The van der Waals surface area contributed by atoms with E-state index in [1.165, 1.54) is 38.5 Å². The van der Waals surface area contributed by atoms with Crippen LogP contribution in [0.5, 0.6) is 17.2 Å². The van der Waals surface area contributed by atoms with Gasteiger partial charge in [0.25, 0.3) is 5.91 Å². The lowest BCUT2D eigenvalue weighted by molar-refractivity contribution is 0.0693. The van der Waals surface area contributed by atoms with Crippen LogP contribution in [0.25, 0.3) is 0 Å². The van der Waals surface area contributed by atoms with Crippen LogP contribution in [-0.2, 0) is 0 Å². The molecule has 0 heterocycles. The Labute approximate surface area is 154 Å². The van der Waals surface area contributed by atoms with Crippen LogP contribution in [0.1, 0.15) is 20.7 Å². The highest BCUT2D eigenvalue weighted by atomic mass is 32.1. The van der Waals surface area contributed by atoms with Crippen molar-refractivity contribution in [2.75, 3.05) is 19.5 Å². The van der Waals surface area contributed by atoms with Crippen LogP contribution in [0.3, 0.4) is 0 Å². The van der Waals surface area contributed by atoms with Crippen LogP contribution in [0.2, 0.25) is 0 Å². The average molecular weight is 376 g/mol. The summed E-state index contributed by atoms with van der Waals surface area (Å²) in [7, 11) is 2.94. The van der Waals surface area contributed by atoms with Crippen molar-refractivity contribution in [3.63, 3.8) is 0 Å². The van der Waals surface area contributed by atoms with Crippen molar-refractivity contribution in [3.8, 4) is 17.2 Å². The fourth-order valence-corrected chi connectivity index (χ4v) is 2.31. The molecule has 1 amide bonds. The fourth-order valence-electron chi connectivity index (χ4n) is 2.10. The van der Waals surface area contributed by atoms with Crippen LogP contribution in [0, 0.1) is 0 Å². The molecule has 2 aromatic rings. The molecule has 9 heteroatoms. The van der Waals surface area contributed by atoms with Gasteiger partial charge in [-0.25, -0.2) is 4.79 Å². The van der Waals surface area contributed by atoms with Gasteiger partial charge in [-0.05, 0) is 48.6 Å². The number of hydrogen-bond acceptors (Lipinski definition) is 6. The lowest BCUT2D eigenvalue weighted by Crippen LogP contribution is -2.34. The number of amides is 1. The molecule has 2 aromatic carbocycles. The number of carbonyl (C=O) groups excluding carboxylic acids is 1. The van der Waals surface area contributed by atoms with Crippen LogP contribution in [0.15, 0.2) is 36.4 Å². The highest BCUT2D eigenvalue weighted by molar-refractivity contribution is 7.80. The van der Waals surface area contributed by atoms with Crippen molar-refractivity contribution in [2.45, 2.75) is 0 Å². The number of carboxylic acid groups (broad SMARTS) is 1. The summed E-state index contributed by atoms with van der Waals surface area (Å²) in [6.45, 7) is 0. The summed E-state index contributed by atoms with van der Waals surface area (Å²) in [6, 6.07) is 8.47. The van der Waals surface area contributed by atoms with E-state index in [1.54, 1.807) is 12.1 Å². The predicted octanol–water partition coefficient (Wildman–Crippen LogP) is 2.23. The minimum Gasteiger partial charge on any atom is -0.507 e. The third kappa shape index (κ3) is 4.39. The molecule has 0 aliphatic rings. The maximum Gasteiger partial charge on any atom is 0.339 e. The van der Waals surface area contributed by atoms with Crippen LogP contribution >= 0.6 is 12.2 Å². The van der Waals surface area contributed by atoms with E-state index in [9.17, 15) is 14.7 Å². The molecule has 8 nitrogen and oxygen atoms in total. The van der Waals surface area contributed by atoms with Gasteiger partial charge in [-0.3, -0.25) is 10.1 Å². The molecule has 0 aliphatic heterocycles. The van der Waals surface area contributed by atoms with Crippen molar-refractivity contribution < 1.29 is 29.3 Å². The van der Waals surface area contributed by atoms with Gasteiger partial charge in [-0.15, -0.1) is 0 Å². The summed E-state index contributed by atoms with van der Waals surface area (Å²) in [5.74, 6) is -1.27. The molecule has 0 atom stereocenters. The molecule has 26 heavy (non-hydrogen) atoms. The molecule has 2 rings (SSSR count). The van der Waals surface area contributed by atoms with Gasteiger partial charge in [0, 0.05) is 11.3 Å². The van der Waals surface area contributed by atoms with Crippen molar-refractivity contribution in [1.29, 1.82) is 0 Å². The summed E-state index contributed by atoms with van der Waals surface area (Å²) in [5.41, 5.74) is 0.311. The average Bonchev–Trinajstić information content (AvgIpc) is 2.62. The van der Waals surface area contributed by atoms with E-state index in [4.69, 9.17) is 26.8 Å². The predicted molar refractivity (Wildman–Crippen MR) is 98.3 cm³/mol. The molecule has 0 aromatic heterocycles. The second-order valence-corrected chi connectivity index (χ2v) is 5.42. The number of rotatable bonds is 5. The Kier molecular flexibility index (Phi) is 5.97. The molecule has 4 N–H and O–H groups in total. The summed E-state index contributed by atoms with van der Waals surface area (Å²) >= 11 is 5.05. The molecule has 0 aliphatic carbocycles. The molecule has 0 saturated carbocycles. The first kappa shape index (κ1) is 19.0. The van der Waals surface area contributed by atoms with Crippen LogP contribution in [0.4, 0.5) is 5.69 Å². The van der Waals surface area contributed by atoms with Gasteiger partial charge in [-0.2, -0.15) is 0 Å². The highest BCUT2D eigenvalue weighted by Crippen LogP contribution is 2.27. The van der Waals surface area contributed by atoms with Gasteiger partial charge in [0.15, 0.2) is 16.6 Å². The van der Waals surface area contributed by atoms with Crippen molar-refractivity contribution in [2.24, 2.45) is 0 Å². The number of carboxylic acids is 1. The number of benzene rings is 2. The lowest BCUT2D eigenvalue weighted by atomic mass is 10.2. The number of aromatic carboxylic acids is 1. The zero-order valence-electron chi connectivity index (χ0n) is 13.9. The van der Waals surface area contributed by atoms with Gasteiger partial charge in [0.1, 0.15) is 11.3 Å². The number of thiocarbonyl (C=S) groups is 1. The number of anilines is 1. The minimum absolute atomic E-state index is 0.0354. The van der Waals surface area contributed by atoms with E-state index < -0.39 is 11.9 Å². The van der Waals surface area contributed by atoms with Gasteiger partial charge in [-0.1, -0.05) is 0 Å². The third-order valence-corrected chi connectivity index (χ3v) is 3.56. The normalized spacial score (nSPS) is 9.92. The quantitative estimate of drug-likeness (QED) is 0.464. The standard InChI is InChI=1S/C17H16N2O6S/c1-24-13-6-3-9(7-14(13)25-2)15(21)19-17(26)18-10-4-5-12(20)11(8-10)16(22)23/h3-8,20H,1-2H3,(H,22,23)(H2,18,19,21,26). The van der Waals surface area contributed by atoms with E-state index in [0.29, 0.717) is 22.7 Å². The lowest BCUT2D eigenvalue weighted by Gasteiger charge is -2.12. The summed E-state index contributed by atoms with van der Waals surface area (Å²) < 4.78 is 10.2. The van der Waals surface area contributed by atoms with E-state index in [0.717, 1.165) is 0 Å². The van der Waals surface area contributed by atoms with Gasteiger partial charge >= 0.3 is 5.97 Å². The summed E-state index contributed by atoms with van der Waals surface area (Å²) in [5, 5.41) is 23.6. The number of ether oxygens (including phenoxy) is 2. The van der Waals surface area contributed by atoms with Gasteiger partial charge in [0.05, 0.1) is 14.2 Å². The Hall–Kier alpha value is -3.33. The maximum absolute atomic E-state index is 12.3. The summed E-state index contributed by atoms with van der Waals surface area (Å²) in [6.07, 6.45) is 0. The second-order valence-electron chi connectivity index (χ2n) is 5.02. The number of phenols is 1. The molecule has 0 fully saturated rings. The molecular weight excluding hydrogens is 360 g/mol. The Bertz CT molecular complexity index is 868. The molecule has 0 unspecified atom stereocenters. The monoisotopic (exact) mass is 376 g/mol. The second kappa shape index (κ2) is 8.17. The Balaban J connectivity index is 2.09. The van der Waals surface area contributed by atoms with Crippen molar-refractivity contribution in [3.05, 3.63) is 47.5 Å². The molecule has 0 spiro atoms. The van der Waals surface area contributed by atoms with Crippen molar-refractivity contribution >= 4 is 34.9 Å². The molecule has 0 radical (unpaired) electrons. The number of carbonyl (C=O) groups is 2. The first-order valence-corrected chi connectivity index (χ1v) is 7.67. The molecule has 0 saturated heterocycles. The Morgan fingerprint density at radius 2 is 1.73 bits per heavy atom. The SMILES string of the molecule is COc1ccc(C(=O)NC(=S)Nc2ccc(O)c(C(=O)O)c2)cc1OC. The Morgan fingerprint density at radius 3 is 2.35 bits per heavy atom. The van der Waals surface area contributed by atoms with E-state index in [-0.39, 0.29) is 16.4 Å². The number of aromatic hydroxyl groups is 1. The minimum atomic E-state index is -1.29. The van der Waals surface area contributed by atoms with Crippen LogP contribution < -0.4 is 20.1 Å². The smallest absolute Gasteiger partial charge is 0.339 e. The van der Waals surface area contributed by atoms with Gasteiger partial charge < -0.3 is 25.0 Å². The number of hydrogen-bond donors (Lipinski definition) is 4. The molecule has 0 bridgehead atoms.